The topological polar surface area (TPSA) is 45.6 Å². The average molecular weight is 448 g/mol. The van der Waals surface area contributed by atoms with Gasteiger partial charge < -0.3 is 24.4 Å². The van der Waals surface area contributed by atoms with E-state index >= 15 is 0 Å². The van der Waals surface area contributed by atoms with Gasteiger partial charge in [-0.3, -0.25) is 4.98 Å². The third kappa shape index (κ3) is 3.98. The lowest BCUT2D eigenvalue weighted by Gasteiger charge is -2.30. The third-order valence-electron chi connectivity index (χ3n) is 6.28. The van der Waals surface area contributed by atoms with Crippen molar-refractivity contribution in [3.8, 4) is 0 Å². The second kappa shape index (κ2) is 8.92. The van der Waals surface area contributed by atoms with E-state index in [1.807, 2.05) is 18.3 Å². The number of aromatic nitrogens is 2. The number of nitrogens with zero attached hydrogens (tertiary/aromatic N) is 4. The van der Waals surface area contributed by atoms with Crippen molar-refractivity contribution in [1.29, 1.82) is 0 Å². The Bertz CT molecular complexity index is 1060. The molecule has 2 aliphatic rings. The van der Waals surface area contributed by atoms with E-state index in [1.54, 1.807) is 0 Å². The van der Waals surface area contributed by atoms with Crippen LogP contribution < -0.4 is 15.1 Å². The maximum absolute atomic E-state index is 5.85. The van der Waals surface area contributed by atoms with E-state index in [0.29, 0.717) is 6.04 Å². The number of ether oxygens (including phenoxy) is 1. The van der Waals surface area contributed by atoms with Gasteiger partial charge in [-0.25, -0.2) is 0 Å². The SMILES string of the molecule is CC(C)n1ccc([C@@H]2[C@@H](c3ccccn3)NC(=S)N2c2ccc(N3CCOCC3)cc2)c1. The van der Waals surface area contributed by atoms with Crippen molar-refractivity contribution in [3.63, 3.8) is 0 Å². The van der Waals surface area contributed by atoms with Crippen molar-refractivity contribution in [1.82, 2.24) is 14.9 Å². The van der Waals surface area contributed by atoms with Gasteiger partial charge >= 0.3 is 0 Å². The summed E-state index contributed by atoms with van der Waals surface area (Å²) >= 11 is 5.85. The quantitative estimate of drug-likeness (QED) is 0.582. The number of hydrogen-bond donors (Lipinski definition) is 1. The molecule has 0 unspecified atom stereocenters. The molecule has 2 saturated heterocycles. The van der Waals surface area contributed by atoms with Crippen molar-refractivity contribution in [3.05, 3.63) is 78.4 Å². The van der Waals surface area contributed by atoms with Crippen LogP contribution in [0.5, 0.6) is 0 Å². The first-order valence-electron chi connectivity index (χ1n) is 11.2. The van der Waals surface area contributed by atoms with Gasteiger partial charge in [-0.05, 0) is 74.1 Å². The van der Waals surface area contributed by atoms with E-state index in [-0.39, 0.29) is 12.1 Å². The maximum Gasteiger partial charge on any atom is 0.174 e. The van der Waals surface area contributed by atoms with Gasteiger partial charge in [-0.1, -0.05) is 6.07 Å². The molecule has 7 heteroatoms. The molecule has 6 nitrogen and oxygen atoms in total. The largest absolute Gasteiger partial charge is 0.378 e. The number of benzene rings is 1. The van der Waals surface area contributed by atoms with Crippen molar-refractivity contribution in [2.75, 3.05) is 36.1 Å². The molecule has 4 heterocycles. The summed E-state index contributed by atoms with van der Waals surface area (Å²) in [6.07, 6.45) is 6.22. The van der Waals surface area contributed by atoms with E-state index in [0.717, 1.165) is 42.8 Å². The Hall–Kier alpha value is -2.90. The predicted molar refractivity (Wildman–Crippen MR) is 132 cm³/mol. The predicted octanol–water partition coefficient (Wildman–Crippen LogP) is 4.48. The van der Waals surface area contributed by atoms with Crippen LogP contribution in [0.2, 0.25) is 0 Å². The van der Waals surface area contributed by atoms with Crippen molar-refractivity contribution >= 4 is 28.7 Å². The smallest absolute Gasteiger partial charge is 0.174 e. The number of pyridine rings is 1. The van der Waals surface area contributed by atoms with Crippen LogP contribution in [0.3, 0.4) is 0 Å². The average Bonchev–Trinajstić information content (AvgIpc) is 3.45. The minimum absolute atomic E-state index is 0.0200. The van der Waals surface area contributed by atoms with Gasteiger partial charge in [0.2, 0.25) is 0 Å². The zero-order valence-electron chi connectivity index (χ0n) is 18.5. The molecule has 0 saturated carbocycles. The Balaban J connectivity index is 1.50. The first-order valence-corrected chi connectivity index (χ1v) is 11.6. The maximum atomic E-state index is 5.85. The minimum Gasteiger partial charge on any atom is -0.378 e. The van der Waals surface area contributed by atoms with Crippen LogP contribution in [-0.4, -0.2) is 41.0 Å². The molecule has 1 N–H and O–H groups in total. The zero-order chi connectivity index (χ0) is 22.1. The monoisotopic (exact) mass is 447 g/mol. The van der Waals surface area contributed by atoms with Crippen molar-refractivity contribution in [2.24, 2.45) is 0 Å². The second-order valence-electron chi connectivity index (χ2n) is 8.60. The zero-order valence-corrected chi connectivity index (χ0v) is 19.3. The summed E-state index contributed by atoms with van der Waals surface area (Å²) in [6, 6.07) is 17.4. The van der Waals surface area contributed by atoms with Gasteiger partial charge in [-0.15, -0.1) is 0 Å². The van der Waals surface area contributed by atoms with Crippen molar-refractivity contribution < 1.29 is 4.74 Å². The van der Waals surface area contributed by atoms with Crippen molar-refractivity contribution in [2.45, 2.75) is 32.0 Å². The molecule has 0 aliphatic carbocycles. The van der Waals surface area contributed by atoms with Gasteiger partial charge in [0, 0.05) is 49.1 Å². The molecule has 0 radical (unpaired) electrons. The second-order valence-corrected chi connectivity index (χ2v) is 8.98. The summed E-state index contributed by atoms with van der Waals surface area (Å²) in [5.74, 6) is 0. The highest BCUT2D eigenvalue weighted by Gasteiger charge is 2.41. The number of thiocarbonyl (C=S) groups is 1. The van der Waals surface area contributed by atoms with Gasteiger partial charge in [-0.2, -0.15) is 0 Å². The third-order valence-corrected chi connectivity index (χ3v) is 6.59. The van der Waals surface area contributed by atoms with Crippen LogP contribution in [0.4, 0.5) is 11.4 Å². The molecule has 3 aromatic rings. The molecule has 1 aromatic carbocycles. The highest BCUT2D eigenvalue weighted by Crippen LogP contribution is 2.42. The summed E-state index contributed by atoms with van der Waals surface area (Å²) in [5, 5.41) is 4.27. The summed E-state index contributed by atoms with van der Waals surface area (Å²) < 4.78 is 7.73. The lowest BCUT2D eigenvalue weighted by Crippen LogP contribution is -2.36. The molecular weight excluding hydrogens is 418 g/mol. The van der Waals surface area contributed by atoms with Gasteiger partial charge in [0.1, 0.15) is 0 Å². The summed E-state index contributed by atoms with van der Waals surface area (Å²) in [7, 11) is 0. The van der Waals surface area contributed by atoms with E-state index in [2.05, 4.69) is 87.3 Å². The Morgan fingerprint density at radius 3 is 2.44 bits per heavy atom. The molecule has 0 bridgehead atoms. The van der Waals surface area contributed by atoms with E-state index in [9.17, 15) is 0 Å². The molecule has 5 rings (SSSR count). The van der Waals surface area contributed by atoms with E-state index in [1.165, 1.54) is 11.3 Å². The van der Waals surface area contributed by atoms with Crippen LogP contribution in [0.25, 0.3) is 0 Å². The van der Waals surface area contributed by atoms with Crippen LogP contribution in [-0.2, 0) is 4.74 Å². The molecule has 2 atom stereocenters. The lowest BCUT2D eigenvalue weighted by atomic mass is 9.98. The minimum atomic E-state index is -0.0226. The normalized spacial score (nSPS) is 21.3. The first-order chi connectivity index (χ1) is 15.6. The fraction of sp³-hybridized carbons (Fsp3) is 0.360. The molecule has 2 aliphatic heterocycles. The summed E-state index contributed by atoms with van der Waals surface area (Å²) in [4.78, 5) is 9.24. The molecule has 166 valence electrons. The van der Waals surface area contributed by atoms with Crippen LogP contribution >= 0.6 is 12.2 Å². The molecule has 2 fully saturated rings. The fourth-order valence-electron chi connectivity index (χ4n) is 4.54. The first kappa shape index (κ1) is 21.0. The lowest BCUT2D eigenvalue weighted by molar-refractivity contribution is 0.122. The molecular formula is C25H29N5OS. The highest BCUT2D eigenvalue weighted by atomic mass is 32.1. The Kier molecular flexibility index (Phi) is 5.85. The number of nitrogens with one attached hydrogen (secondary N) is 1. The molecule has 0 spiro atoms. The number of anilines is 2. The number of morpholine rings is 1. The summed E-state index contributed by atoms with van der Waals surface area (Å²) in [5.41, 5.74) is 4.52. The Labute approximate surface area is 194 Å². The fourth-order valence-corrected chi connectivity index (χ4v) is 4.89. The van der Waals surface area contributed by atoms with Gasteiger partial charge in [0.15, 0.2) is 5.11 Å². The molecule has 32 heavy (non-hydrogen) atoms. The van der Waals surface area contributed by atoms with Crippen LogP contribution in [0.15, 0.2) is 67.1 Å². The van der Waals surface area contributed by atoms with Crippen LogP contribution in [0.1, 0.15) is 43.2 Å². The molecule has 0 amide bonds. The number of rotatable bonds is 5. The molecule has 2 aromatic heterocycles. The Morgan fingerprint density at radius 1 is 1.03 bits per heavy atom. The number of hydrogen-bond acceptors (Lipinski definition) is 4. The van der Waals surface area contributed by atoms with Gasteiger partial charge in [0.25, 0.3) is 0 Å². The van der Waals surface area contributed by atoms with Gasteiger partial charge in [0.05, 0.1) is 31.0 Å². The summed E-state index contributed by atoms with van der Waals surface area (Å²) in [6.45, 7) is 7.80. The van der Waals surface area contributed by atoms with Crippen LogP contribution in [0, 0.1) is 0 Å². The highest BCUT2D eigenvalue weighted by molar-refractivity contribution is 7.80. The van der Waals surface area contributed by atoms with E-state index in [4.69, 9.17) is 17.0 Å². The van der Waals surface area contributed by atoms with E-state index < -0.39 is 0 Å². The standard InChI is InChI=1S/C25H29N5OS/c1-18(2)29-12-10-19(17-29)24-23(22-5-3-4-11-26-22)27-25(32)30(24)21-8-6-20(7-9-21)28-13-15-31-16-14-28/h3-12,17-18,23-24H,13-16H2,1-2H3,(H,27,32)/t23-,24-/m1/s1. The Morgan fingerprint density at radius 2 is 1.78 bits per heavy atom.